The van der Waals surface area contributed by atoms with Crippen molar-refractivity contribution in [2.75, 3.05) is 18.4 Å². The highest BCUT2D eigenvalue weighted by Crippen LogP contribution is 2.52. The molecule has 38 heavy (non-hydrogen) atoms. The number of nitrogens with zero attached hydrogens (tertiary/aromatic N) is 2. The normalized spacial score (nSPS) is 21.3. The number of hydrogen-bond acceptors (Lipinski definition) is 5. The van der Waals surface area contributed by atoms with Crippen molar-refractivity contribution in [3.8, 4) is 0 Å². The predicted molar refractivity (Wildman–Crippen MR) is 139 cm³/mol. The lowest BCUT2D eigenvalue weighted by Gasteiger charge is -2.42. The molecule has 0 radical (unpaired) electrons. The number of benzene rings is 1. The minimum absolute atomic E-state index is 0.167. The third-order valence-corrected chi connectivity index (χ3v) is 8.81. The molecule has 1 aromatic rings. The fourth-order valence-corrected chi connectivity index (χ4v) is 7.03. The van der Waals surface area contributed by atoms with Crippen LogP contribution in [0.3, 0.4) is 0 Å². The molecule has 1 aromatic carbocycles. The zero-order chi connectivity index (χ0) is 28.0. The average Bonchev–Trinajstić information content (AvgIpc) is 3.27. The zero-order valence-corrected chi connectivity index (χ0v) is 23.4. The summed E-state index contributed by atoms with van der Waals surface area (Å²) in [6.07, 6.45) is -1.21. The fourth-order valence-electron chi connectivity index (χ4n) is 5.58. The molecule has 1 saturated heterocycles. The highest BCUT2D eigenvalue weighted by molar-refractivity contribution is 8.01. The van der Waals surface area contributed by atoms with Crippen LogP contribution in [0, 0.1) is 0 Å². The molecular weight excluding hydrogens is 519 g/mol. The second-order valence-electron chi connectivity index (χ2n) is 11.7. The molecule has 2 fully saturated rings. The summed E-state index contributed by atoms with van der Waals surface area (Å²) < 4.78 is 47.7. The zero-order valence-electron chi connectivity index (χ0n) is 22.5. The van der Waals surface area contributed by atoms with Crippen molar-refractivity contribution in [2.24, 2.45) is 0 Å². The largest absolute Gasteiger partial charge is 0.444 e. The van der Waals surface area contributed by atoms with Gasteiger partial charge in [0, 0.05) is 24.0 Å². The van der Waals surface area contributed by atoms with Gasteiger partial charge < -0.3 is 19.9 Å². The van der Waals surface area contributed by atoms with E-state index < -0.39 is 51.7 Å². The Labute approximate surface area is 225 Å². The first-order valence-corrected chi connectivity index (χ1v) is 14.0. The lowest BCUT2D eigenvalue weighted by molar-refractivity contribution is -0.138. The standard InChI is InChI=1S/C27H36F3N3O4S/c1-16(2)33(17-9-8-12-32(15-17)24(36)37-25(3,4)5)22(34)18-13-20-21(14-19(18)27(28,29)30)38-26(23(35)31-20)10-6-7-11-26/h13-14,16-17H,6-12,15H2,1-5H3,(H,31,35)/t17-/m1/s1. The van der Waals surface area contributed by atoms with Crippen molar-refractivity contribution in [1.82, 2.24) is 9.80 Å². The van der Waals surface area contributed by atoms with Crippen LogP contribution in [0.4, 0.5) is 23.7 Å². The van der Waals surface area contributed by atoms with E-state index >= 15 is 0 Å². The lowest BCUT2D eigenvalue weighted by atomic mass is 9.98. The Balaban J connectivity index is 1.67. The van der Waals surface area contributed by atoms with Crippen molar-refractivity contribution >= 4 is 35.4 Å². The van der Waals surface area contributed by atoms with Gasteiger partial charge in [0.05, 0.1) is 27.6 Å². The highest BCUT2D eigenvalue weighted by Gasteiger charge is 2.47. The molecule has 3 amide bonds. The molecule has 4 rings (SSSR count). The van der Waals surface area contributed by atoms with E-state index in [9.17, 15) is 27.6 Å². The van der Waals surface area contributed by atoms with Crippen molar-refractivity contribution in [1.29, 1.82) is 0 Å². The van der Waals surface area contributed by atoms with Gasteiger partial charge in [0.25, 0.3) is 5.91 Å². The molecule has 1 spiro atoms. The van der Waals surface area contributed by atoms with E-state index in [0.29, 0.717) is 37.1 Å². The Morgan fingerprint density at radius 1 is 1.16 bits per heavy atom. The fraction of sp³-hybridized carbons (Fsp3) is 0.667. The second kappa shape index (κ2) is 10.3. The summed E-state index contributed by atoms with van der Waals surface area (Å²) >= 11 is 1.18. The maximum atomic E-state index is 14.3. The third kappa shape index (κ3) is 5.77. The van der Waals surface area contributed by atoms with Gasteiger partial charge in [-0.3, -0.25) is 9.59 Å². The molecule has 210 valence electrons. The summed E-state index contributed by atoms with van der Waals surface area (Å²) in [5, 5.41) is 2.79. The summed E-state index contributed by atoms with van der Waals surface area (Å²) in [5.41, 5.74) is -1.97. The van der Waals surface area contributed by atoms with Gasteiger partial charge in [0.15, 0.2) is 0 Å². The van der Waals surface area contributed by atoms with Gasteiger partial charge in [-0.1, -0.05) is 12.8 Å². The van der Waals surface area contributed by atoms with Crippen LogP contribution in [-0.2, 0) is 15.7 Å². The first-order chi connectivity index (χ1) is 17.6. The number of ether oxygens (including phenoxy) is 1. The first kappa shape index (κ1) is 28.6. The molecule has 11 heteroatoms. The number of nitrogens with one attached hydrogen (secondary N) is 1. The first-order valence-electron chi connectivity index (χ1n) is 13.2. The minimum atomic E-state index is -4.76. The predicted octanol–water partition coefficient (Wildman–Crippen LogP) is 6.31. The SMILES string of the molecule is CC(C)N(C(=O)c1cc2c(cc1C(F)(F)F)SC1(CCCC1)C(=O)N2)[C@@H]1CCCN(C(=O)OC(C)(C)C)C1. The van der Waals surface area contributed by atoms with Crippen LogP contribution in [0.15, 0.2) is 17.0 Å². The number of halogens is 3. The summed E-state index contributed by atoms with van der Waals surface area (Å²) in [5.74, 6) is -0.988. The summed E-state index contributed by atoms with van der Waals surface area (Å²) in [7, 11) is 0. The van der Waals surface area contributed by atoms with E-state index in [2.05, 4.69) is 5.32 Å². The molecule has 0 unspecified atom stereocenters. The van der Waals surface area contributed by atoms with Gasteiger partial charge in [-0.25, -0.2) is 4.79 Å². The summed E-state index contributed by atoms with van der Waals surface area (Å²) in [6, 6.07) is 1.29. The van der Waals surface area contributed by atoms with Crippen LogP contribution in [0.25, 0.3) is 0 Å². The molecule has 1 saturated carbocycles. The van der Waals surface area contributed by atoms with Crippen LogP contribution < -0.4 is 5.32 Å². The van der Waals surface area contributed by atoms with Crippen molar-refractivity contribution in [2.45, 2.75) is 107 Å². The molecule has 2 aliphatic heterocycles. The average molecular weight is 556 g/mol. The number of carbonyl (C=O) groups excluding carboxylic acids is 3. The van der Waals surface area contributed by atoms with Gasteiger partial charge in [0.2, 0.25) is 5.91 Å². The monoisotopic (exact) mass is 555 g/mol. The van der Waals surface area contributed by atoms with E-state index in [4.69, 9.17) is 4.74 Å². The molecule has 0 aromatic heterocycles. The lowest BCUT2D eigenvalue weighted by Crippen LogP contribution is -2.54. The highest BCUT2D eigenvalue weighted by atomic mass is 32.2. The van der Waals surface area contributed by atoms with Crippen LogP contribution in [0.5, 0.6) is 0 Å². The van der Waals surface area contributed by atoms with E-state index in [1.54, 1.807) is 34.6 Å². The van der Waals surface area contributed by atoms with Gasteiger partial charge >= 0.3 is 12.3 Å². The number of likely N-dealkylation sites (tertiary alicyclic amines) is 1. The van der Waals surface area contributed by atoms with Gasteiger partial charge in [0.1, 0.15) is 5.60 Å². The van der Waals surface area contributed by atoms with Crippen LogP contribution in [0.1, 0.15) is 89.1 Å². The molecule has 1 atom stereocenters. The molecule has 0 bridgehead atoms. The molecule has 3 aliphatic rings. The van der Waals surface area contributed by atoms with Crippen LogP contribution >= 0.6 is 11.8 Å². The molecule has 2 heterocycles. The number of anilines is 1. The second-order valence-corrected chi connectivity index (χ2v) is 13.1. The van der Waals surface area contributed by atoms with E-state index in [1.165, 1.54) is 27.6 Å². The number of rotatable bonds is 3. The van der Waals surface area contributed by atoms with Crippen molar-refractivity contribution in [3.63, 3.8) is 0 Å². The Morgan fingerprint density at radius 3 is 2.39 bits per heavy atom. The van der Waals surface area contributed by atoms with Gasteiger partial charge in [-0.2, -0.15) is 13.2 Å². The van der Waals surface area contributed by atoms with E-state index in [0.717, 1.165) is 18.9 Å². The van der Waals surface area contributed by atoms with Gasteiger partial charge in [-0.15, -0.1) is 11.8 Å². The number of thioether (sulfide) groups is 1. The maximum absolute atomic E-state index is 14.3. The van der Waals surface area contributed by atoms with E-state index in [1.807, 2.05) is 0 Å². The number of carbonyl (C=O) groups is 3. The molecular formula is C27H36F3N3O4S. The number of hydrogen-bond donors (Lipinski definition) is 1. The number of amides is 3. The number of piperidine rings is 1. The topological polar surface area (TPSA) is 79.0 Å². The van der Waals surface area contributed by atoms with Crippen LogP contribution in [-0.4, -0.2) is 63.2 Å². The Morgan fingerprint density at radius 2 is 1.82 bits per heavy atom. The third-order valence-electron chi connectivity index (χ3n) is 7.27. The Bertz CT molecular complexity index is 1110. The quantitative estimate of drug-likeness (QED) is 0.473. The minimum Gasteiger partial charge on any atom is -0.444 e. The van der Waals surface area contributed by atoms with Crippen molar-refractivity contribution in [3.05, 3.63) is 23.3 Å². The van der Waals surface area contributed by atoms with E-state index in [-0.39, 0.29) is 18.1 Å². The Hall–Kier alpha value is -2.43. The van der Waals surface area contributed by atoms with Crippen molar-refractivity contribution < 1.29 is 32.3 Å². The molecule has 7 nitrogen and oxygen atoms in total. The maximum Gasteiger partial charge on any atom is 0.417 e. The number of alkyl halides is 3. The van der Waals surface area contributed by atoms with Crippen LogP contribution in [0.2, 0.25) is 0 Å². The molecule has 1 aliphatic carbocycles. The Kier molecular flexibility index (Phi) is 7.73. The smallest absolute Gasteiger partial charge is 0.417 e. The van der Waals surface area contributed by atoms with Gasteiger partial charge in [-0.05, 0) is 72.4 Å². The summed E-state index contributed by atoms with van der Waals surface area (Å²) in [4.78, 5) is 42.7. The number of fused-ring (bicyclic) bond motifs is 1. The molecule has 1 N–H and O–H groups in total. The summed E-state index contributed by atoms with van der Waals surface area (Å²) in [6.45, 7) is 9.39.